The lowest BCUT2D eigenvalue weighted by molar-refractivity contribution is -0.141. The third kappa shape index (κ3) is 4.27. The van der Waals surface area contributed by atoms with Crippen LogP contribution in [0.25, 0.3) is 10.2 Å². The van der Waals surface area contributed by atoms with Gasteiger partial charge in [0.05, 0.1) is 11.1 Å². The van der Waals surface area contributed by atoms with Crippen LogP contribution in [0.5, 0.6) is 0 Å². The first-order chi connectivity index (χ1) is 12.5. The van der Waals surface area contributed by atoms with Gasteiger partial charge in [-0.1, -0.05) is 0 Å². The lowest BCUT2D eigenvalue weighted by Crippen LogP contribution is -2.38. The molecule has 1 atom stereocenters. The third-order valence-corrected chi connectivity index (χ3v) is 6.49. The molecule has 7 nitrogen and oxygen atoms in total. The zero-order valence-corrected chi connectivity index (χ0v) is 16.1. The zero-order chi connectivity index (χ0) is 18.7. The minimum absolute atomic E-state index is 0.0713. The lowest BCUT2D eigenvalue weighted by Gasteiger charge is -2.09. The van der Waals surface area contributed by atoms with Crippen molar-refractivity contribution in [1.82, 2.24) is 15.3 Å². The number of nitrogens with one attached hydrogen (secondary N) is 2. The first-order valence-electron chi connectivity index (χ1n) is 8.59. The number of rotatable bonds is 7. The maximum atomic E-state index is 12.4. The highest BCUT2D eigenvalue weighted by Gasteiger charge is 2.19. The molecule has 0 saturated carbocycles. The second kappa shape index (κ2) is 8.22. The van der Waals surface area contributed by atoms with Crippen LogP contribution < -0.4 is 10.9 Å². The number of carboxylic acid groups (broad SMARTS) is 1. The van der Waals surface area contributed by atoms with Crippen molar-refractivity contribution < 1.29 is 14.7 Å². The van der Waals surface area contributed by atoms with Crippen molar-refractivity contribution in [1.29, 1.82) is 0 Å². The minimum Gasteiger partial charge on any atom is -0.480 e. The molecule has 2 aromatic heterocycles. The molecule has 1 amide bonds. The van der Waals surface area contributed by atoms with E-state index in [1.807, 2.05) is 0 Å². The topological polar surface area (TPSA) is 112 Å². The van der Waals surface area contributed by atoms with Crippen LogP contribution in [0.3, 0.4) is 0 Å². The van der Waals surface area contributed by atoms with Crippen molar-refractivity contribution in [3.8, 4) is 0 Å². The lowest BCUT2D eigenvalue weighted by atomic mass is 9.97. The van der Waals surface area contributed by atoms with Crippen LogP contribution in [-0.4, -0.2) is 38.7 Å². The average Bonchev–Trinajstić information content (AvgIpc) is 2.97. The Bertz CT molecular complexity index is 890. The van der Waals surface area contributed by atoms with Gasteiger partial charge in [-0.3, -0.25) is 14.4 Å². The summed E-state index contributed by atoms with van der Waals surface area (Å²) in [6.45, 7) is 1.43. The fourth-order valence-electron chi connectivity index (χ4n) is 2.99. The Morgan fingerprint density at radius 1 is 1.38 bits per heavy atom. The number of carboxylic acids is 1. The summed E-state index contributed by atoms with van der Waals surface area (Å²) in [5, 5.41) is 11.9. The van der Waals surface area contributed by atoms with E-state index in [0.29, 0.717) is 17.3 Å². The second-order valence-electron chi connectivity index (χ2n) is 6.33. The zero-order valence-electron chi connectivity index (χ0n) is 14.5. The Hall–Kier alpha value is -1.87. The summed E-state index contributed by atoms with van der Waals surface area (Å²) in [6, 6.07) is -0.891. The van der Waals surface area contributed by atoms with Crippen LogP contribution in [0.2, 0.25) is 0 Å². The number of carbonyl (C=O) groups excluding carboxylic acids is 1. The van der Waals surface area contributed by atoms with Crippen molar-refractivity contribution >= 4 is 45.2 Å². The highest BCUT2D eigenvalue weighted by Crippen LogP contribution is 2.33. The molecule has 2 aromatic rings. The number of H-pyrrole nitrogens is 1. The summed E-state index contributed by atoms with van der Waals surface area (Å²) in [5.41, 5.74) is 1.10. The van der Waals surface area contributed by atoms with Crippen LogP contribution in [0.1, 0.15) is 42.5 Å². The summed E-state index contributed by atoms with van der Waals surface area (Å²) in [5.74, 6) is 0.302. The normalized spacial score (nSPS) is 14.8. The number of aromatic amines is 1. The molecular formula is C17H21N3O4S2. The number of aryl methyl sites for hydroxylation is 2. The standard InChI is InChI=1S/C17H21N3O4S2/c1-9(17(23)24)18-13(21)6-7-25-8-12-19-15(22)14-10-4-2-3-5-11(10)26-16(14)20-12/h9H,2-8H2,1H3,(H,18,21)(H,23,24)(H,19,20,22)/t9-/m1/s1. The molecule has 2 heterocycles. The van der Waals surface area contributed by atoms with Crippen LogP contribution in [0, 0.1) is 0 Å². The van der Waals surface area contributed by atoms with Crippen LogP contribution >= 0.6 is 23.1 Å². The molecule has 0 aromatic carbocycles. The number of nitrogens with zero attached hydrogens (tertiary/aromatic N) is 1. The largest absolute Gasteiger partial charge is 0.480 e. The molecule has 9 heteroatoms. The van der Waals surface area contributed by atoms with Crippen molar-refractivity contribution in [2.24, 2.45) is 0 Å². The van der Waals surface area contributed by atoms with Gasteiger partial charge in [-0.15, -0.1) is 11.3 Å². The van der Waals surface area contributed by atoms with Gasteiger partial charge in [0.1, 0.15) is 16.7 Å². The number of amides is 1. The van der Waals surface area contributed by atoms with E-state index in [2.05, 4.69) is 15.3 Å². The smallest absolute Gasteiger partial charge is 0.325 e. The van der Waals surface area contributed by atoms with E-state index < -0.39 is 12.0 Å². The first-order valence-corrected chi connectivity index (χ1v) is 10.6. The Morgan fingerprint density at radius 3 is 2.92 bits per heavy atom. The number of aromatic nitrogens is 2. The number of fused-ring (bicyclic) bond motifs is 3. The summed E-state index contributed by atoms with van der Waals surface area (Å²) in [4.78, 5) is 44.3. The Kier molecular flexibility index (Phi) is 5.98. The predicted octanol–water partition coefficient (Wildman–Crippen LogP) is 2.08. The number of thioether (sulfide) groups is 1. The number of aliphatic carboxylic acids is 1. The molecule has 3 N–H and O–H groups in total. The molecule has 1 aliphatic carbocycles. The molecule has 1 aliphatic rings. The molecule has 26 heavy (non-hydrogen) atoms. The van der Waals surface area contributed by atoms with Gasteiger partial charge in [-0.2, -0.15) is 11.8 Å². The van der Waals surface area contributed by atoms with Crippen molar-refractivity contribution in [2.45, 2.75) is 50.8 Å². The van der Waals surface area contributed by atoms with E-state index in [1.54, 1.807) is 11.3 Å². The Morgan fingerprint density at radius 2 is 2.15 bits per heavy atom. The number of hydrogen-bond acceptors (Lipinski definition) is 6. The molecule has 0 fully saturated rings. The number of carbonyl (C=O) groups is 2. The summed E-state index contributed by atoms with van der Waals surface area (Å²) >= 11 is 3.11. The molecule has 0 aliphatic heterocycles. The highest BCUT2D eigenvalue weighted by molar-refractivity contribution is 7.98. The summed E-state index contributed by atoms with van der Waals surface area (Å²) in [6.07, 6.45) is 4.51. The fourth-order valence-corrected chi connectivity index (χ4v) is 5.07. The Labute approximate surface area is 158 Å². The maximum absolute atomic E-state index is 12.4. The van der Waals surface area contributed by atoms with E-state index in [4.69, 9.17) is 5.11 Å². The highest BCUT2D eigenvalue weighted by atomic mass is 32.2. The quantitative estimate of drug-likeness (QED) is 0.619. The third-order valence-electron chi connectivity index (χ3n) is 4.33. The summed E-state index contributed by atoms with van der Waals surface area (Å²) < 4.78 is 0. The van der Waals surface area contributed by atoms with Crippen LogP contribution in [-0.2, 0) is 28.2 Å². The van der Waals surface area contributed by atoms with Gasteiger partial charge in [-0.05, 0) is 38.2 Å². The second-order valence-corrected chi connectivity index (χ2v) is 8.52. The average molecular weight is 396 g/mol. The monoisotopic (exact) mass is 395 g/mol. The van der Waals surface area contributed by atoms with Crippen LogP contribution in [0.4, 0.5) is 0 Å². The first kappa shape index (κ1) is 18.9. The van der Waals surface area contributed by atoms with E-state index >= 15 is 0 Å². The summed E-state index contributed by atoms with van der Waals surface area (Å²) in [7, 11) is 0. The maximum Gasteiger partial charge on any atom is 0.325 e. The molecule has 140 valence electrons. The van der Waals surface area contributed by atoms with Gasteiger partial charge in [0.15, 0.2) is 0 Å². The van der Waals surface area contributed by atoms with E-state index in [0.717, 1.165) is 29.5 Å². The van der Waals surface area contributed by atoms with E-state index in [9.17, 15) is 14.4 Å². The minimum atomic E-state index is -1.06. The SMILES string of the molecule is C[C@@H](NC(=O)CCSCc1nc2sc3c(c2c(=O)[nH]1)CCCC3)C(=O)O. The Balaban J connectivity index is 1.57. The van der Waals surface area contributed by atoms with Gasteiger partial charge in [0.25, 0.3) is 5.56 Å². The van der Waals surface area contributed by atoms with Crippen LogP contribution in [0.15, 0.2) is 4.79 Å². The molecule has 0 bridgehead atoms. The van der Waals surface area contributed by atoms with E-state index in [-0.39, 0.29) is 17.9 Å². The van der Waals surface area contributed by atoms with Gasteiger partial charge in [-0.25, -0.2) is 4.98 Å². The van der Waals surface area contributed by atoms with Gasteiger partial charge >= 0.3 is 5.97 Å². The molecule has 0 saturated heterocycles. The van der Waals surface area contributed by atoms with Gasteiger partial charge in [0.2, 0.25) is 5.91 Å². The number of hydrogen-bond donors (Lipinski definition) is 3. The predicted molar refractivity (Wildman–Crippen MR) is 103 cm³/mol. The molecular weight excluding hydrogens is 374 g/mol. The van der Waals surface area contributed by atoms with Crippen molar-refractivity contribution in [3.05, 3.63) is 26.6 Å². The van der Waals surface area contributed by atoms with Gasteiger partial charge in [0, 0.05) is 17.1 Å². The van der Waals surface area contributed by atoms with Crippen molar-refractivity contribution in [3.63, 3.8) is 0 Å². The van der Waals surface area contributed by atoms with Crippen molar-refractivity contribution in [2.75, 3.05) is 5.75 Å². The fraction of sp³-hybridized carbons (Fsp3) is 0.529. The van der Waals surface area contributed by atoms with E-state index in [1.165, 1.54) is 35.5 Å². The molecule has 0 spiro atoms. The molecule has 0 radical (unpaired) electrons. The molecule has 0 unspecified atom stereocenters. The molecule has 3 rings (SSSR count). The van der Waals surface area contributed by atoms with Gasteiger partial charge < -0.3 is 15.4 Å². The number of thiophene rings is 1.